The molecule has 0 N–H and O–H groups in total. The topological polar surface area (TPSA) is 43.9 Å². The third-order valence-corrected chi connectivity index (χ3v) is 3.69. The van der Waals surface area contributed by atoms with Gasteiger partial charge in [-0.1, -0.05) is 35.5 Å². The molecule has 23 heavy (non-hydrogen) atoms. The minimum atomic E-state index is 0.620. The standard InChI is InChI=1S/C19H15N3O/c1-2-6-15(7-3-1)14-18-20-19(21-23-18)16-8-10-17(11-9-16)22-12-4-5-13-22/h1-13H,14H2. The van der Waals surface area contributed by atoms with Crippen LogP contribution in [0.1, 0.15) is 11.5 Å². The van der Waals surface area contributed by atoms with Gasteiger partial charge in [0.15, 0.2) is 0 Å². The normalized spacial score (nSPS) is 10.8. The van der Waals surface area contributed by atoms with Crippen molar-refractivity contribution in [2.75, 3.05) is 0 Å². The molecule has 0 amide bonds. The number of nitrogens with zero attached hydrogens (tertiary/aromatic N) is 3. The molecule has 4 nitrogen and oxygen atoms in total. The maximum absolute atomic E-state index is 5.36. The molecule has 0 radical (unpaired) electrons. The highest BCUT2D eigenvalue weighted by atomic mass is 16.5. The molecule has 0 bridgehead atoms. The van der Waals surface area contributed by atoms with Crippen LogP contribution in [-0.4, -0.2) is 14.7 Å². The molecule has 0 aliphatic rings. The highest BCUT2D eigenvalue weighted by Crippen LogP contribution is 2.19. The molecule has 2 heterocycles. The Kier molecular flexibility index (Phi) is 3.48. The van der Waals surface area contributed by atoms with Crippen molar-refractivity contribution in [3.63, 3.8) is 0 Å². The van der Waals surface area contributed by atoms with Crippen LogP contribution in [0.5, 0.6) is 0 Å². The molecule has 0 unspecified atom stereocenters. The van der Waals surface area contributed by atoms with Crippen LogP contribution >= 0.6 is 0 Å². The lowest BCUT2D eigenvalue weighted by molar-refractivity contribution is 0.385. The molecule has 0 saturated heterocycles. The van der Waals surface area contributed by atoms with E-state index in [1.165, 1.54) is 0 Å². The quantitative estimate of drug-likeness (QED) is 0.569. The van der Waals surface area contributed by atoms with E-state index in [0.29, 0.717) is 18.1 Å². The van der Waals surface area contributed by atoms with Crippen LogP contribution in [0.2, 0.25) is 0 Å². The maximum Gasteiger partial charge on any atom is 0.231 e. The minimum Gasteiger partial charge on any atom is -0.339 e. The fourth-order valence-corrected chi connectivity index (χ4v) is 2.50. The van der Waals surface area contributed by atoms with Crippen molar-refractivity contribution >= 4 is 0 Å². The third-order valence-electron chi connectivity index (χ3n) is 3.69. The van der Waals surface area contributed by atoms with Crippen LogP contribution in [0, 0.1) is 0 Å². The summed E-state index contributed by atoms with van der Waals surface area (Å²) < 4.78 is 7.42. The van der Waals surface area contributed by atoms with Gasteiger partial charge in [0.05, 0.1) is 6.42 Å². The highest BCUT2D eigenvalue weighted by Gasteiger charge is 2.09. The molecule has 0 atom stereocenters. The molecule has 112 valence electrons. The summed E-state index contributed by atoms with van der Waals surface area (Å²) in [6.45, 7) is 0. The van der Waals surface area contributed by atoms with E-state index in [2.05, 4.69) is 26.8 Å². The van der Waals surface area contributed by atoms with Crippen molar-refractivity contribution in [2.45, 2.75) is 6.42 Å². The first kappa shape index (κ1) is 13.5. The Morgan fingerprint density at radius 2 is 1.57 bits per heavy atom. The fourth-order valence-electron chi connectivity index (χ4n) is 2.50. The van der Waals surface area contributed by atoms with Gasteiger partial charge in [0, 0.05) is 23.6 Å². The SMILES string of the molecule is c1ccc(Cc2nc(-c3ccc(-n4cccc4)cc3)no2)cc1. The van der Waals surface area contributed by atoms with E-state index >= 15 is 0 Å². The van der Waals surface area contributed by atoms with Gasteiger partial charge in [0.25, 0.3) is 0 Å². The van der Waals surface area contributed by atoms with Crippen molar-refractivity contribution in [3.8, 4) is 17.1 Å². The number of aromatic nitrogens is 3. The van der Waals surface area contributed by atoms with Gasteiger partial charge in [0.2, 0.25) is 11.7 Å². The smallest absolute Gasteiger partial charge is 0.231 e. The zero-order chi connectivity index (χ0) is 15.5. The van der Waals surface area contributed by atoms with E-state index in [0.717, 1.165) is 16.8 Å². The van der Waals surface area contributed by atoms with Crippen molar-refractivity contribution in [2.24, 2.45) is 0 Å². The van der Waals surface area contributed by atoms with Crippen LogP contribution in [0.3, 0.4) is 0 Å². The minimum absolute atomic E-state index is 0.620. The molecule has 2 aromatic heterocycles. The Morgan fingerprint density at radius 3 is 2.30 bits per heavy atom. The molecular formula is C19H15N3O. The average Bonchev–Trinajstić information content (AvgIpc) is 3.28. The van der Waals surface area contributed by atoms with E-state index in [9.17, 15) is 0 Å². The molecule has 0 aliphatic heterocycles. The molecule has 4 aromatic rings. The number of hydrogen-bond donors (Lipinski definition) is 0. The molecule has 0 spiro atoms. The zero-order valence-electron chi connectivity index (χ0n) is 12.5. The first-order valence-corrected chi connectivity index (χ1v) is 7.49. The number of benzene rings is 2. The Morgan fingerprint density at radius 1 is 0.826 bits per heavy atom. The van der Waals surface area contributed by atoms with Crippen LogP contribution < -0.4 is 0 Å². The van der Waals surface area contributed by atoms with Crippen molar-refractivity contribution in [3.05, 3.63) is 90.6 Å². The van der Waals surface area contributed by atoms with Crippen LogP contribution in [0.4, 0.5) is 0 Å². The summed E-state index contributed by atoms with van der Waals surface area (Å²) in [5, 5.41) is 4.08. The largest absolute Gasteiger partial charge is 0.339 e. The van der Waals surface area contributed by atoms with E-state index in [4.69, 9.17) is 4.52 Å². The Bertz CT molecular complexity index is 878. The summed E-state index contributed by atoms with van der Waals surface area (Å²) in [4.78, 5) is 4.48. The first-order valence-electron chi connectivity index (χ1n) is 7.49. The van der Waals surface area contributed by atoms with Gasteiger partial charge in [-0.15, -0.1) is 0 Å². The molecular weight excluding hydrogens is 286 g/mol. The highest BCUT2D eigenvalue weighted by molar-refractivity contribution is 5.56. The van der Waals surface area contributed by atoms with Gasteiger partial charge in [-0.2, -0.15) is 4.98 Å². The van der Waals surface area contributed by atoms with E-state index in [1.807, 2.05) is 67.0 Å². The predicted molar refractivity (Wildman–Crippen MR) is 88.3 cm³/mol. The summed E-state index contributed by atoms with van der Waals surface area (Å²) in [6.07, 6.45) is 4.68. The summed E-state index contributed by atoms with van der Waals surface area (Å²) in [5.74, 6) is 1.25. The maximum atomic E-state index is 5.36. The zero-order valence-corrected chi connectivity index (χ0v) is 12.5. The molecule has 0 fully saturated rings. The van der Waals surface area contributed by atoms with Gasteiger partial charge in [-0.3, -0.25) is 0 Å². The lowest BCUT2D eigenvalue weighted by Crippen LogP contribution is -1.90. The average molecular weight is 301 g/mol. The molecule has 0 saturated carbocycles. The van der Waals surface area contributed by atoms with Gasteiger partial charge < -0.3 is 9.09 Å². The van der Waals surface area contributed by atoms with Crippen molar-refractivity contribution < 1.29 is 4.52 Å². The Hall–Kier alpha value is -3.14. The lowest BCUT2D eigenvalue weighted by atomic mass is 10.1. The van der Waals surface area contributed by atoms with Crippen LogP contribution in [0.15, 0.2) is 83.6 Å². The second-order valence-corrected chi connectivity index (χ2v) is 5.31. The van der Waals surface area contributed by atoms with Gasteiger partial charge in [-0.25, -0.2) is 0 Å². The van der Waals surface area contributed by atoms with Crippen LogP contribution in [0.25, 0.3) is 17.1 Å². The summed E-state index contributed by atoms with van der Waals surface area (Å²) in [5.41, 5.74) is 3.21. The second kappa shape index (κ2) is 5.93. The van der Waals surface area contributed by atoms with Gasteiger partial charge in [0.1, 0.15) is 0 Å². The summed E-state index contributed by atoms with van der Waals surface area (Å²) in [7, 11) is 0. The predicted octanol–water partition coefficient (Wildman–Crippen LogP) is 4.12. The summed E-state index contributed by atoms with van der Waals surface area (Å²) in [6, 6.07) is 22.2. The second-order valence-electron chi connectivity index (χ2n) is 5.31. The van der Waals surface area contributed by atoms with Gasteiger partial charge in [-0.05, 0) is 42.0 Å². The summed E-state index contributed by atoms with van der Waals surface area (Å²) >= 11 is 0. The van der Waals surface area contributed by atoms with E-state index in [-0.39, 0.29) is 0 Å². The van der Waals surface area contributed by atoms with E-state index in [1.54, 1.807) is 0 Å². The van der Waals surface area contributed by atoms with Crippen molar-refractivity contribution in [1.82, 2.24) is 14.7 Å². The number of hydrogen-bond acceptors (Lipinski definition) is 3. The first-order chi connectivity index (χ1) is 11.4. The lowest BCUT2D eigenvalue weighted by Gasteiger charge is -2.02. The molecule has 4 rings (SSSR count). The molecule has 0 aliphatic carbocycles. The number of rotatable bonds is 4. The van der Waals surface area contributed by atoms with Gasteiger partial charge >= 0.3 is 0 Å². The van der Waals surface area contributed by atoms with E-state index < -0.39 is 0 Å². The molecule has 2 aromatic carbocycles. The van der Waals surface area contributed by atoms with Crippen molar-refractivity contribution in [1.29, 1.82) is 0 Å². The molecule has 4 heteroatoms. The van der Waals surface area contributed by atoms with Crippen LogP contribution in [-0.2, 0) is 6.42 Å². The Labute approximate surface area is 134 Å². The monoisotopic (exact) mass is 301 g/mol. The Balaban J connectivity index is 1.54. The fraction of sp³-hybridized carbons (Fsp3) is 0.0526. The third kappa shape index (κ3) is 2.92.